The molecule has 1 N–H and O–H groups in total. The highest BCUT2D eigenvalue weighted by molar-refractivity contribution is 6.12. The van der Waals surface area contributed by atoms with Crippen LogP contribution < -0.4 is 5.69 Å². The summed E-state index contributed by atoms with van der Waals surface area (Å²) < 4.78 is 6.16. The van der Waals surface area contributed by atoms with Gasteiger partial charge >= 0.3 is 11.7 Å². The van der Waals surface area contributed by atoms with Crippen LogP contribution >= 0.6 is 0 Å². The molecule has 1 aliphatic heterocycles. The van der Waals surface area contributed by atoms with Gasteiger partial charge in [0.25, 0.3) is 0 Å². The van der Waals surface area contributed by atoms with E-state index in [-0.39, 0.29) is 5.78 Å². The Hall–Kier alpha value is -3.74. The van der Waals surface area contributed by atoms with Crippen molar-refractivity contribution >= 4 is 17.5 Å². The summed E-state index contributed by atoms with van der Waals surface area (Å²) in [6, 6.07) is 17.9. The Labute approximate surface area is 166 Å². The molecule has 7 heteroatoms. The summed E-state index contributed by atoms with van der Waals surface area (Å²) in [5.74, 6) is -2.72. The number of ketones is 1. The predicted octanol–water partition coefficient (Wildman–Crippen LogP) is 2.84. The van der Waals surface area contributed by atoms with Gasteiger partial charge in [-0.15, -0.1) is 0 Å². The van der Waals surface area contributed by atoms with E-state index in [1.165, 1.54) is 11.8 Å². The topological polar surface area (TPSA) is 93.5 Å². The Morgan fingerprint density at radius 1 is 1.00 bits per heavy atom. The van der Waals surface area contributed by atoms with Crippen LogP contribution in [0.3, 0.4) is 0 Å². The van der Waals surface area contributed by atoms with Gasteiger partial charge in [-0.2, -0.15) is 9.78 Å². The molecule has 146 valence electrons. The number of aromatic nitrogens is 2. The number of imidazole rings is 1. The summed E-state index contributed by atoms with van der Waals surface area (Å²) in [7, 11) is 1.27. The summed E-state index contributed by atoms with van der Waals surface area (Å²) in [6.45, 7) is 1.62. The SMILES string of the molecule is COC(=O)C1C(C)=Nn2c(c(-c3ccccc3)[nH]c2=O)C1C(=O)c1ccccc1. The van der Waals surface area contributed by atoms with E-state index in [0.717, 1.165) is 5.56 Å². The maximum atomic E-state index is 13.5. The molecule has 2 atom stereocenters. The van der Waals surface area contributed by atoms with Crippen molar-refractivity contribution in [3.8, 4) is 11.3 Å². The molecule has 3 aromatic rings. The summed E-state index contributed by atoms with van der Waals surface area (Å²) in [4.78, 5) is 41.6. The molecule has 0 bridgehead atoms. The van der Waals surface area contributed by atoms with Crippen LogP contribution in [0, 0.1) is 5.92 Å². The highest BCUT2D eigenvalue weighted by Gasteiger charge is 2.45. The van der Waals surface area contributed by atoms with Crippen molar-refractivity contribution in [1.82, 2.24) is 9.66 Å². The zero-order valence-corrected chi connectivity index (χ0v) is 16.0. The number of esters is 1. The first-order valence-electron chi connectivity index (χ1n) is 9.15. The van der Waals surface area contributed by atoms with Crippen molar-refractivity contribution in [3.63, 3.8) is 0 Å². The Morgan fingerprint density at radius 3 is 2.24 bits per heavy atom. The Kier molecular flexibility index (Phi) is 4.72. The summed E-state index contributed by atoms with van der Waals surface area (Å²) in [5.41, 5.74) is 1.88. The number of Topliss-reactive ketones (excluding diaryl/α,β-unsaturated/α-hetero) is 1. The second-order valence-electron chi connectivity index (χ2n) is 6.82. The lowest BCUT2D eigenvalue weighted by atomic mass is 9.78. The maximum Gasteiger partial charge on any atom is 0.346 e. The van der Waals surface area contributed by atoms with E-state index in [1.54, 1.807) is 31.2 Å². The van der Waals surface area contributed by atoms with Gasteiger partial charge in [-0.05, 0) is 12.5 Å². The van der Waals surface area contributed by atoms with Crippen molar-refractivity contribution < 1.29 is 14.3 Å². The van der Waals surface area contributed by atoms with Gasteiger partial charge in [0.05, 0.1) is 30.1 Å². The molecule has 0 radical (unpaired) electrons. The van der Waals surface area contributed by atoms with Gasteiger partial charge in [-0.1, -0.05) is 60.7 Å². The molecule has 0 amide bonds. The number of rotatable bonds is 4. The minimum absolute atomic E-state index is 0.278. The van der Waals surface area contributed by atoms with Crippen molar-refractivity contribution in [2.45, 2.75) is 12.8 Å². The molecular weight excluding hydrogens is 370 g/mol. The average molecular weight is 389 g/mol. The molecule has 0 saturated carbocycles. The number of carbonyl (C=O) groups excluding carboxylic acids is 2. The quantitative estimate of drug-likeness (QED) is 0.548. The third kappa shape index (κ3) is 3.10. The van der Waals surface area contributed by atoms with Gasteiger partial charge in [-0.3, -0.25) is 9.59 Å². The van der Waals surface area contributed by atoms with Crippen LogP contribution in [0.2, 0.25) is 0 Å². The molecule has 2 aromatic carbocycles. The maximum absolute atomic E-state index is 13.5. The highest BCUT2D eigenvalue weighted by Crippen LogP contribution is 2.38. The Balaban J connectivity index is 1.99. The number of ether oxygens (including phenoxy) is 1. The second-order valence-corrected chi connectivity index (χ2v) is 6.82. The van der Waals surface area contributed by atoms with Gasteiger partial charge in [0.1, 0.15) is 5.92 Å². The van der Waals surface area contributed by atoms with Crippen LogP contribution in [0.5, 0.6) is 0 Å². The molecular formula is C22H19N3O4. The molecule has 0 saturated heterocycles. The first kappa shape index (κ1) is 18.6. The van der Waals surface area contributed by atoms with Crippen molar-refractivity contribution in [2.75, 3.05) is 7.11 Å². The number of benzene rings is 2. The van der Waals surface area contributed by atoms with Crippen LogP contribution in [0.1, 0.15) is 28.9 Å². The zero-order chi connectivity index (χ0) is 20.5. The monoisotopic (exact) mass is 389 g/mol. The molecule has 7 nitrogen and oxygen atoms in total. The Morgan fingerprint density at radius 2 is 1.62 bits per heavy atom. The minimum Gasteiger partial charge on any atom is -0.468 e. The molecule has 0 fully saturated rings. The molecule has 1 aliphatic rings. The summed E-state index contributed by atoms with van der Waals surface area (Å²) in [5, 5.41) is 4.30. The van der Waals surface area contributed by atoms with E-state index < -0.39 is 23.5 Å². The van der Waals surface area contributed by atoms with Crippen LogP contribution in [0.25, 0.3) is 11.3 Å². The minimum atomic E-state index is -0.948. The van der Waals surface area contributed by atoms with E-state index in [9.17, 15) is 14.4 Å². The van der Waals surface area contributed by atoms with Gasteiger partial charge in [0.15, 0.2) is 5.78 Å². The van der Waals surface area contributed by atoms with E-state index in [2.05, 4.69) is 10.1 Å². The number of hydrogen-bond acceptors (Lipinski definition) is 5. The fraction of sp³-hybridized carbons (Fsp3) is 0.182. The summed E-state index contributed by atoms with van der Waals surface area (Å²) in [6.07, 6.45) is 0. The van der Waals surface area contributed by atoms with E-state index in [0.29, 0.717) is 22.7 Å². The third-order valence-electron chi connectivity index (χ3n) is 5.10. The first-order chi connectivity index (χ1) is 14.0. The fourth-order valence-corrected chi connectivity index (χ4v) is 3.76. The van der Waals surface area contributed by atoms with Crippen molar-refractivity contribution in [2.24, 2.45) is 11.0 Å². The van der Waals surface area contributed by atoms with E-state index >= 15 is 0 Å². The molecule has 4 rings (SSSR count). The lowest BCUT2D eigenvalue weighted by molar-refractivity contribution is -0.143. The lowest BCUT2D eigenvalue weighted by Gasteiger charge is -2.28. The number of H-pyrrole nitrogens is 1. The van der Waals surface area contributed by atoms with Gasteiger partial charge < -0.3 is 9.72 Å². The van der Waals surface area contributed by atoms with E-state index in [1.807, 2.05) is 36.4 Å². The smallest absolute Gasteiger partial charge is 0.346 e. The predicted molar refractivity (Wildman–Crippen MR) is 108 cm³/mol. The molecule has 0 spiro atoms. The molecule has 29 heavy (non-hydrogen) atoms. The van der Waals surface area contributed by atoms with Crippen LogP contribution in [-0.2, 0) is 9.53 Å². The van der Waals surface area contributed by atoms with Gasteiger partial charge in [-0.25, -0.2) is 4.79 Å². The highest BCUT2D eigenvalue weighted by atomic mass is 16.5. The molecule has 2 heterocycles. The average Bonchev–Trinajstić information content (AvgIpc) is 3.09. The number of methoxy groups -OCH3 is 1. The second kappa shape index (κ2) is 7.35. The molecule has 2 unspecified atom stereocenters. The molecule has 0 aliphatic carbocycles. The normalized spacial score (nSPS) is 17.9. The largest absolute Gasteiger partial charge is 0.468 e. The first-order valence-corrected chi connectivity index (χ1v) is 9.15. The number of fused-ring (bicyclic) bond motifs is 1. The number of nitrogens with one attached hydrogen (secondary N) is 1. The number of carbonyl (C=O) groups is 2. The van der Waals surface area contributed by atoms with Gasteiger partial charge in [0.2, 0.25) is 0 Å². The standard InChI is InChI=1S/C22H19N3O4/c1-13-16(21(27)29-2)17(20(26)15-11-7-4-8-12-15)19-18(14-9-5-3-6-10-14)23-22(28)25(19)24-13/h3-12,16-17H,1-2H3,(H,23,28). The zero-order valence-electron chi connectivity index (χ0n) is 16.0. The van der Waals surface area contributed by atoms with Crippen LogP contribution in [-0.4, -0.2) is 34.2 Å². The van der Waals surface area contributed by atoms with Crippen LogP contribution in [0.4, 0.5) is 0 Å². The lowest BCUT2D eigenvalue weighted by Crippen LogP contribution is -2.40. The van der Waals surface area contributed by atoms with Crippen molar-refractivity contribution in [3.05, 3.63) is 82.4 Å². The Bertz CT molecular complexity index is 1160. The fourth-order valence-electron chi connectivity index (χ4n) is 3.76. The van der Waals surface area contributed by atoms with Crippen molar-refractivity contribution in [1.29, 1.82) is 0 Å². The van der Waals surface area contributed by atoms with Gasteiger partial charge in [0, 0.05) is 5.56 Å². The number of nitrogens with zero attached hydrogens (tertiary/aromatic N) is 2. The third-order valence-corrected chi connectivity index (χ3v) is 5.10. The summed E-state index contributed by atoms with van der Waals surface area (Å²) >= 11 is 0. The van der Waals surface area contributed by atoms with E-state index in [4.69, 9.17) is 4.74 Å². The number of hydrogen-bond donors (Lipinski definition) is 1. The molecule has 1 aromatic heterocycles. The van der Waals surface area contributed by atoms with Crippen LogP contribution in [0.15, 0.2) is 70.6 Å². The number of aromatic amines is 1.